The van der Waals surface area contributed by atoms with Gasteiger partial charge in [-0.25, -0.2) is 4.79 Å². The molecule has 0 radical (unpaired) electrons. The molecule has 1 unspecified atom stereocenters. The number of nitrogens with one attached hydrogen (secondary N) is 2. The fraction of sp³-hybridized carbons (Fsp3) is 0.269. The first-order valence-electron chi connectivity index (χ1n) is 11.7. The third-order valence-electron chi connectivity index (χ3n) is 6.37. The second kappa shape index (κ2) is 10.1. The van der Waals surface area contributed by atoms with Crippen LogP contribution >= 0.6 is 11.6 Å². The number of halogens is 1. The lowest BCUT2D eigenvalue weighted by Crippen LogP contribution is -2.35. The molecule has 5 rings (SSSR count). The Labute approximate surface area is 212 Å². The molecule has 0 aliphatic carbocycles. The van der Waals surface area contributed by atoms with Crippen molar-refractivity contribution >= 4 is 39.8 Å². The number of amides is 3. The van der Waals surface area contributed by atoms with Crippen LogP contribution in [0.4, 0.5) is 4.79 Å². The van der Waals surface area contributed by atoms with Crippen LogP contribution in [-0.2, 0) is 17.8 Å². The lowest BCUT2D eigenvalue weighted by Gasteiger charge is -2.26. The highest BCUT2D eigenvalue weighted by Crippen LogP contribution is 2.27. The molecular formula is C26H26ClN5O4. The molecule has 0 saturated carbocycles. The van der Waals surface area contributed by atoms with Crippen LogP contribution in [0.3, 0.4) is 0 Å². The fourth-order valence-corrected chi connectivity index (χ4v) is 4.87. The molecule has 9 nitrogen and oxygen atoms in total. The van der Waals surface area contributed by atoms with Crippen molar-refractivity contribution in [2.24, 2.45) is 5.73 Å². The zero-order valence-electron chi connectivity index (χ0n) is 19.5. The lowest BCUT2D eigenvalue weighted by molar-refractivity contribution is 0.0342. The molecule has 2 aromatic heterocycles. The predicted octanol–water partition coefficient (Wildman–Crippen LogP) is 2.56. The monoisotopic (exact) mass is 507 g/mol. The van der Waals surface area contributed by atoms with Gasteiger partial charge in [0.25, 0.3) is 5.91 Å². The van der Waals surface area contributed by atoms with E-state index in [4.69, 9.17) is 22.1 Å². The van der Waals surface area contributed by atoms with E-state index < -0.39 is 17.4 Å². The molecule has 3 heterocycles. The van der Waals surface area contributed by atoms with Gasteiger partial charge in [-0.2, -0.15) is 0 Å². The van der Waals surface area contributed by atoms with E-state index in [1.54, 1.807) is 16.5 Å². The molecule has 1 atom stereocenters. The number of alkyl halides is 1. The Morgan fingerprint density at radius 2 is 1.86 bits per heavy atom. The van der Waals surface area contributed by atoms with Gasteiger partial charge in [0.2, 0.25) is 5.43 Å². The molecule has 1 saturated heterocycles. The van der Waals surface area contributed by atoms with Crippen LogP contribution in [-0.4, -0.2) is 47.5 Å². The number of urea groups is 1. The maximum absolute atomic E-state index is 13.6. The smallest absolute Gasteiger partial charge is 0.312 e. The quantitative estimate of drug-likeness (QED) is 0.262. The third-order valence-corrected chi connectivity index (χ3v) is 6.73. The van der Waals surface area contributed by atoms with Crippen LogP contribution in [0.15, 0.2) is 59.5 Å². The van der Waals surface area contributed by atoms with Gasteiger partial charge in [-0.15, -0.1) is 0 Å². The van der Waals surface area contributed by atoms with E-state index in [1.165, 1.54) is 6.20 Å². The summed E-state index contributed by atoms with van der Waals surface area (Å²) in [7, 11) is 0. The molecule has 36 heavy (non-hydrogen) atoms. The number of ether oxygens (including phenoxy) is 1. The van der Waals surface area contributed by atoms with E-state index in [9.17, 15) is 14.4 Å². The topological polar surface area (TPSA) is 118 Å². The Morgan fingerprint density at radius 1 is 1.11 bits per heavy atom. The van der Waals surface area contributed by atoms with Crippen molar-refractivity contribution in [2.75, 3.05) is 26.3 Å². The number of hydrogen-bond acceptors (Lipinski definition) is 5. The minimum absolute atomic E-state index is 0.0366. The van der Waals surface area contributed by atoms with Crippen LogP contribution in [0.1, 0.15) is 32.7 Å². The summed E-state index contributed by atoms with van der Waals surface area (Å²) in [5, 5.41) is 6.58. The predicted molar refractivity (Wildman–Crippen MR) is 137 cm³/mol. The van der Waals surface area contributed by atoms with Crippen LogP contribution in [0.2, 0.25) is 0 Å². The van der Waals surface area contributed by atoms with Gasteiger partial charge >= 0.3 is 6.03 Å². The van der Waals surface area contributed by atoms with Crippen molar-refractivity contribution in [3.8, 4) is 0 Å². The molecule has 2 aromatic carbocycles. The minimum Gasteiger partial charge on any atom is -0.379 e. The summed E-state index contributed by atoms with van der Waals surface area (Å²) in [6.45, 7) is 3.75. The highest BCUT2D eigenvalue weighted by molar-refractivity contribution is 6.22. The summed E-state index contributed by atoms with van der Waals surface area (Å²) in [6, 6.07) is 14.2. The third kappa shape index (κ3) is 4.86. The van der Waals surface area contributed by atoms with Crippen LogP contribution in [0.5, 0.6) is 0 Å². The van der Waals surface area contributed by atoms with Crippen LogP contribution in [0.25, 0.3) is 16.3 Å². The number of pyridine rings is 1. The number of rotatable bonds is 7. The largest absolute Gasteiger partial charge is 0.379 e. The number of carbonyl (C=O) groups excluding carboxylic acids is 2. The van der Waals surface area contributed by atoms with E-state index in [1.807, 2.05) is 36.4 Å². The molecular weight excluding hydrogens is 482 g/mol. The average Bonchev–Trinajstić information content (AvgIpc) is 3.23. The number of nitrogens with two attached hydrogens (primary N) is 1. The first-order chi connectivity index (χ1) is 17.4. The lowest BCUT2D eigenvalue weighted by atomic mass is 10.0. The van der Waals surface area contributed by atoms with E-state index in [0.29, 0.717) is 41.9 Å². The summed E-state index contributed by atoms with van der Waals surface area (Å²) in [4.78, 5) is 40.4. The van der Waals surface area contributed by atoms with Gasteiger partial charge in [0.05, 0.1) is 25.3 Å². The van der Waals surface area contributed by atoms with Crippen molar-refractivity contribution in [1.29, 1.82) is 0 Å². The van der Waals surface area contributed by atoms with Crippen molar-refractivity contribution in [3.05, 3.63) is 87.3 Å². The Hall–Kier alpha value is -3.66. The summed E-state index contributed by atoms with van der Waals surface area (Å²) < 4.78 is 7.21. The highest BCUT2D eigenvalue weighted by Gasteiger charge is 2.22. The molecule has 186 valence electrons. The van der Waals surface area contributed by atoms with E-state index >= 15 is 0 Å². The average molecular weight is 508 g/mol. The summed E-state index contributed by atoms with van der Waals surface area (Å²) >= 11 is 6.42. The Balaban J connectivity index is 1.57. The number of nitrogens with zero attached hydrogens (tertiary/aromatic N) is 2. The second-order valence-corrected chi connectivity index (χ2v) is 9.25. The number of hydrogen-bond donors (Lipinski definition) is 3. The van der Waals surface area contributed by atoms with Crippen molar-refractivity contribution < 1.29 is 14.3 Å². The highest BCUT2D eigenvalue weighted by atomic mass is 35.5. The molecule has 4 aromatic rings. The number of carbonyl (C=O) groups is 2. The Kier molecular flexibility index (Phi) is 6.77. The van der Waals surface area contributed by atoms with Crippen molar-refractivity contribution in [3.63, 3.8) is 0 Å². The molecule has 4 N–H and O–H groups in total. The maximum Gasteiger partial charge on any atom is 0.312 e. The molecule has 0 bridgehead atoms. The van der Waals surface area contributed by atoms with Crippen LogP contribution < -0.4 is 21.8 Å². The minimum atomic E-state index is -0.804. The van der Waals surface area contributed by atoms with Crippen molar-refractivity contribution in [2.45, 2.75) is 18.6 Å². The van der Waals surface area contributed by atoms with Gasteiger partial charge in [-0.05, 0) is 29.3 Å². The maximum atomic E-state index is 13.6. The molecule has 0 spiro atoms. The van der Waals surface area contributed by atoms with Gasteiger partial charge in [0, 0.05) is 42.3 Å². The zero-order chi connectivity index (χ0) is 25.2. The Morgan fingerprint density at radius 3 is 2.58 bits per heavy atom. The molecule has 1 aliphatic rings. The summed E-state index contributed by atoms with van der Waals surface area (Å²) in [5.41, 5.74) is 7.11. The van der Waals surface area contributed by atoms with Gasteiger partial charge in [-0.3, -0.25) is 14.5 Å². The van der Waals surface area contributed by atoms with Gasteiger partial charge in [0.15, 0.2) is 0 Å². The molecule has 1 aliphatic heterocycles. The SMILES string of the molecule is NC(=O)NCc1cc2cc(CN3CCOCC3)cc3c(=O)c(C(=O)NC(Cl)c4ccccc4)cn1c23. The Bertz CT molecular complexity index is 1470. The first-order valence-corrected chi connectivity index (χ1v) is 12.1. The van der Waals surface area contributed by atoms with E-state index in [2.05, 4.69) is 15.5 Å². The van der Waals surface area contributed by atoms with E-state index in [0.717, 1.165) is 24.0 Å². The fourth-order valence-electron chi connectivity index (χ4n) is 4.63. The van der Waals surface area contributed by atoms with Gasteiger partial charge in [0.1, 0.15) is 11.1 Å². The van der Waals surface area contributed by atoms with Crippen molar-refractivity contribution in [1.82, 2.24) is 19.9 Å². The first kappa shape index (κ1) is 24.1. The normalized spacial score (nSPS) is 15.2. The molecule has 10 heteroatoms. The number of morpholine rings is 1. The number of aromatic nitrogens is 1. The summed E-state index contributed by atoms with van der Waals surface area (Å²) in [5.74, 6) is -0.580. The number of benzene rings is 2. The van der Waals surface area contributed by atoms with Gasteiger partial charge in [-0.1, -0.05) is 41.9 Å². The number of primary amides is 1. The van der Waals surface area contributed by atoms with E-state index in [-0.39, 0.29) is 17.5 Å². The molecule has 3 amide bonds. The summed E-state index contributed by atoms with van der Waals surface area (Å²) in [6.07, 6.45) is 1.50. The molecule has 1 fully saturated rings. The zero-order valence-corrected chi connectivity index (χ0v) is 20.3. The standard InChI is InChI=1S/C26H26ClN5O4/c27-24(17-4-2-1-3-5-17)30-25(34)21-15-32-19(13-29-26(28)35)12-18-10-16(11-20(22(18)32)23(21)33)14-31-6-8-36-9-7-31/h1-5,10-12,15,24H,6-9,13-14H2,(H,30,34)(H3,28,29,35). The van der Waals surface area contributed by atoms with Crippen LogP contribution in [0, 0.1) is 0 Å². The second-order valence-electron chi connectivity index (χ2n) is 8.81. The van der Waals surface area contributed by atoms with Gasteiger partial charge < -0.3 is 25.5 Å².